The molecule has 0 aliphatic carbocycles. The molecule has 0 amide bonds. The van der Waals surface area contributed by atoms with Crippen LogP contribution in [0.25, 0.3) is 120 Å². The fourth-order valence-corrected chi connectivity index (χ4v) is 9.13. The van der Waals surface area contributed by atoms with Crippen LogP contribution < -0.4 is 0 Å². The van der Waals surface area contributed by atoms with Gasteiger partial charge in [0, 0.05) is 26.9 Å². The van der Waals surface area contributed by atoms with Gasteiger partial charge in [-0.05, 0) is 101 Å². The largest absolute Gasteiger partial charge is 0.456 e. The summed E-state index contributed by atoms with van der Waals surface area (Å²) in [6.07, 6.45) is 0. The molecule has 2 aromatic heterocycles. The summed E-state index contributed by atoms with van der Waals surface area (Å²) in [6.45, 7) is 0. The Bertz CT molecular complexity index is 3430. The quantitative estimate of drug-likeness (QED) is 0.173. The van der Waals surface area contributed by atoms with Crippen LogP contribution in [0.2, 0.25) is 0 Å². The lowest BCUT2D eigenvalue weighted by atomic mass is 9.84. The zero-order valence-electron chi connectivity index (χ0n) is 29.1. The molecule has 0 atom stereocenters. The number of hydrogen-bond donors (Lipinski definition) is 0. The van der Waals surface area contributed by atoms with Crippen LogP contribution in [0.15, 0.2) is 191 Å². The summed E-state index contributed by atoms with van der Waals surface area (Å²) in [5, 5.41) is 14.2. The molecular weight excluding hydrogens is 657 g/mol. The highest BCUT2D eigenvalue weighted by atomic mass is 16.3. The van der Waals surface area contributed by atoms with Gasteiger partial charge in [-0.2, -0.15) is 0 Å². The third-order valence-electron chi connectivity index (χ3n) is 11.5. The maximum absolute atomic E-state index is 6.64. The van der Waals surface area contributed by atoms with Gasteiger partial charge in [0.25, 0.3) is 0 Å². The Morgan fingerprint density at radius 3 is 1.54 bits per heavy atom. The molecule has 0 bridgehead atoms. The highest BCUT2D eigenvalue weighted by Gasteiger charge is 2.21. The molecule has 2 nitrogen and oxygen atoms in total. The normalized spacial score (nSPS) is 12.1. The van der Waals surface area contributed by atoms with Gasteiger partial charge in [-0.3, -0.25) is 0 Å². The Balaban J connectivity index is 1.07. The zero-order chi connectivity index (χ0) is 35.3. The second-order valence-electron chi connectivity index (χ2n) is 14.3. The van der Waals surface area contributed by atoms with Gasteiger partial charge in [0.1, 0.15) is 22.3 Å². The van der Waals surface area contributed by atoms with Crippen molar-refractivity contribution >= 4 is 87.0 Å². The standard InChI is InChI=1S/C52H30O2/c1-2-13-32(14-3-1)48-38-18-8-10-20-40(38)49(41-21-11-9-19-39(41)48)42-27-26-34(36-16-6-7-17-37(36)42)33-23-24-43-47(30-33)53-45-28-29-46-51(50(43)45)44-25-22-31-12-4-5-15-35(31)52(44)54-46/h1-30H. The van der Waals surface area contributed by atoms with Gasteiger partial charge in [0.05, 0.1) is 0 Å². The average Bonchev–Trinajstić information content (AvgIpc) is 3.81. The average molecular weight is 687 g/mol. The van der Waals surface area contributed by atoms with Crippen LogP contribution in [0, 0.1) is 0 Å². The van der Waals surface area contributed by atoms with Gasteiger partial charge in [0.15, 0.2) is 0 Å². The lowest BCUT2D eigenvalue weighted by molar-refractivity contribution is 0.664. The molecule has 12 rings (SSSR count). The van der Waals surface area contributed by atoms with Gasteiger partial charge >= 0.3 is 0 Å². The van der Waals surface area contributed by atoms with Gasteiger partial charge in [-0.25, -0.2) is 0 Å². The molecule has 0 saturated heterocycles. The van der Waals surface area contributed by atoms with E-state index >= 15 is 0 Å². The van der Waals surface area contributed by atoms with Crippen molar-refractivity contribution in [3.05, 3.63) is 182 Å². The van der Waals surface area contributed by atoms with Crippen LogP contribution in [-0.4, -0.2) is 0 Å². The smallest absolute Gasteiger partial charge is 0.143 e. The molecule has 12 aromatic rings. The Morgan fingerprint density at radius 2 is 0.815 bits per heavy atom. The Kier molecular flexibility index (Phi) is 6.09. The first kappa shape index (κ1) is 29.4. The maximum atomic E-state index is 6.64. The van der Waals surface area contributed by atoms with Gasteiger partial charge in [0.2, 0.25) is 0 Å². The molecule has 54 heavy (non-hydrogen) atoms. The summed E-state index contributed by atoms with van der Waals surface area (Å²) in [5.74, 6) is 0. The Labute approximate surface area is 310 Å². The van der Waals surface area contributed by atoms with E-state index in [1.54, 1.807) is 0 Å². The SMILES string of the molecule is c1ccc(-c2c3ccccc3c(-c3ccc(-c4ccc5c(c4)oc4ccc6oc7c8ccccc8ccc7c6c45)c4ccccc34)c3ccccc23)cc1. The molecule has 0 N–H and O–H groups in total. The first-order chi connectivity index (χ1) is 26.8. The van der Waals surface area contributed by atoms with Crippen LogP contribution in [0.4, 0.5) is 0 Å². The molecule has 0 radical (unpaired) electrons. The molecule has 250 valence electrons. The van der Waals surface area contributed by atoms with Crippen molar-refractivity contribution in [2.75, 3.05) is 0 Å². The third-order valence-corrected chi connectivity index (χ3v) is 11.5. The number of furan rings is 2. The van der Waals surface area contributed by atoms with Crippen molar-refractivity contribution < 1.29 is 8.83 Å². The van der Waals surface area contributed by atoms with E-state index in [9.17, 15) is 0 Å². The van der Waals surface area contributed by atoms with E-state index in [2.05, 4.69) is 170 Å². The minimum atomic E-state index is 0.864. The summed E-state index contributed by atoms with van der Waals surface area (Å²) in [7, 11) is 0. The van der Waals surface area contributed by atoms with E-state index in [0.717, 1.165) is 54.8 Å². The second kappa shape index (κ2) is 11.2. The first-order valence-electron chi connectivity index (χ1n) is 18.5. The monoisotopic (exact) mass is 686 g/mol. The van der Waals surface area contributed by atoms with Gasteiger partial charge in [-0.15, -0.1) is 0 Å². The Hall–Kier alpha value is -7.16. The highest BCUT2D eigenvalue weighted by molar-refractivity contribution is 6.29. The van der Waals surface area contributed by atoms with E-state index in [4.69, 9.17) is 8.83 Å². The van der Waals surface area contributed by atoms with Crippen molar-refractivity contribution in [2.24, 2.45) is 0 Å². The maximum Gasteiger partial charge on any atom is 0.143 e. The molecule has 0 saturated carbocycles. The van der Waals surface area contributed by atoms with Crippen molar-refractivity contribution in [3.8, 4) is 33.4 Å². The van der Waals surface area contributed by atoms with Crippen molar-refractivity contribution in [1.29, 1.82) is 0 Å². The predicted molar refractivity (Wildman–Crippen MR) is 227 cm³/mol. The van der Waals surface area contributed by atoms with Crippen LogP contribution in [0.5, 0.6) is 0 Å². The van der Waals surface area contributed by atoms with Crippen molar-refractivity contribution in [3.63, 3.8) is 0 Å². The van der Waals surface area contributed by atoms with E-state index in [-0.39, 0.29) is 0 Å². The number of rotatable bonds is 3. The van der Waals surface area contributed by atoms with Crippen molar-refractivity contribution in [1.82, 2.24) is 0 Å². The topological polar surface area (TPSA) is 26.3 Å². The molecule has 10 aromatic carbocycles. The fraction of sp³-hybridized carbons (Fsp3) is 0. The summed E-state index contributed by atoms with van der Waals surface area (Å²) >= 11 is 0. The van der Waals surface area contributed by atoms with Gasteiger partial charge in [-0.1, -0.05) is 152 Å². The van der Waals surface area contributed by atoms with Gasteiger partial charge < -0.3 is 8.83 Å². The molecule has 0 fully saturated rings. The third kappa shape index (κ3) is 4.11. The summed E-state index contributed by atoms with van der Waals surface area (Å²) < 4.78 is 13.2. The minimum absolute atomic E-state index is 0.864. The van der Waals surface area contributed by atoms with Crippen LogP contribution >= 0.6 is 0 Å². The van der Waals surface area contributed by atoms with Crippen LogP contribution in [-0.2, 0) is 0 Å². The lowest BCUT2D eigenvalue weighted by Gasteiger charge is -2.19. The zero-order valence-corrected chi connectivity index (χ0v) is 29.1. The molecule has 0 unspecified atom stereocenters. The molecule has 0 aliphatic heterocycles. The molecule has 0 aliphatic rings. The summed E-state index contributed by atoms with van der Waals surface area (Å²) in [6, 6.07) is 65.5. The van der Waals surface area contributed by atoms with Crippen molar-refractivity contribution in [2.45, 2.75) is 0 Å². The summed E-state index contributed by atoms with van der Waals surface area (Å²) in [4.78, 5) is 0. The second-order valence-corrected chi connectivity index (χ2v) is 14.3. The first-order valence-corrected chi connectivity index (χ1v) is 18.5. The van der Waals surface area contributed by atoms with Crippen LogP contribution in [0.1, 0.15) is 0 Å². The fourth-order valence-electron chi connectivity index (χ4n) is 9.13. The number of benzene rings is 10. The number of hydrogen-bond acceptors (Lipinski definition) is 2. The summed E-state index contributed by atoms with van der Waals surface area (Å²) in [5.41, 5.74) is 10.8. The minimum Gasteiger partial charge on any atom is -0.456 e. The van der Waals surface area contributed by atoms with E-state index in [0.29, 0.717) is 0 Å². The highest BCUT2D eigenvalue weighted by Crippen LogP contribution is 2.47. The molecule has 2 heterocycles. The Morgan fingerprint density at radius 1 is 0.278 bits per heavy atom. The van der Waals surface area contributed by atoms with Crippen LogP contribution in [0.3, 0.4) is 0 Å². The van der Waals surface area contributed by atoms with E-state index in [1.165, 1.54) is 65.5 Å². The number of fused-ring (bicyclic) bond motifs is 12. The van der Waals surface area contributed by atoms with E-state index < -0.39 is 0 Å². The predicted octanol–water partition coefficient (Wildman–Crippen LogP) is 15.1. The lowest BCUT2D eigenvalue weighted by Crippen LogP contribution is -1.92. The molecule has 2 heteroatoms. The molecule has 0 spiro atoms. The van der Waals surface area contributed by atoms with E-state index in [1.807, 2.05) is 12.1 Å². The molecular formula is C52H30O2.